The number of amides is 1. The van der Waals surface area contributed by atoms with Gasteiger partial charge in [0.2, 0.25) is 11.9 Å². The number of anilines is 1. The van der Waals surface area contributed by atoms with Gasteiger partial charge in [-0.05, 0) is 6.42 Å². The summed E-state index contributed by atoms with van der Waals surface area (Å²) in [5.41, 5.74) is -1.42. The maximum absolute atomic E-state index is 14.8. The fraction of sp³-hybridized carbons (Fsp3) is 0.667. The monoisotopic (exact) mass is 326 g/mol. The summed E-state index contributed by atoms with van der Waals surface area (Å²) in [5, 5.41) is 2.70. The van der Waals surface area contributed by atoms with Crippen molar-refractivity contribution in [2.24, 2.45) is 5.92 Å². The highest BCUT2D eigenvalue weighted by molar-refractivity contribution is 5.79. The highest BCUT2D eigenvalue weighted by atomic mass is 19.1. The van der Waals surface area contributed by atoms with Gasteiger partial charge in [0.15, 0.2) is 5.82 Å². The minimum absolute atomic E-state index is 0.0143. The second-order valence-electron chi connectivity index (χ2n) is 6.12. The molecule has 0 aliphatic carbocycles. The topological polar surface area (TPSA) is 67.4 Å². The summed E-state index contributed by atoms with van der Waals surface area (Å²) in [6.07, 6.45) is 3.44. The number of aromatic nitrogens is 2. The Morgan fingerprint density at radius 3 is 2.70 bits per heavy atom. The van der Waals surface area contributed by atoms with Gasteiger partial charge in [0, 0.05) is 32.5 Å². The maximum atomic E-state index is 14.8. The molecule has 0 radical (unpaired) electrons. The summed E-state index contributed by atoms with van der Waals surface area (Å²) in [6, 6.07) is 0. The van der Waals surface area contributed by atoms with Gasteiger partial charge in [-0.25, -0.2) is 18.7 Å². The first-order valence-electron chi connectivity index (χ1n) is 7.83. The van der Waals surface area contributed by atoms with Crippen molar-refractivity contribution in [3.05, 3.63) is 18.2 Å². The first kappa shape index (κ1) is 16.0. The van der Waals surface area contributed by atoms with Crippen molar-refractivity contribution in [1.82, 2.24) is 15.3 Å². The third-order valence-corrected chi connectivity index (χ3v) is 4.43. The Morgan fingerprint density at radius 2 is 2.09 bits per heavy atom. The van der Waals surface area contributed by atoms with E-state index in [0.717, 1.165) is 12.4 Å². The molecule has 1 unspecified atom stereocenters. The smallest absolute Gasteiger partial charge is 0.225 e. The van der Waals surface area contributed by atoms with Gasteiger partial charge in [-0.1, -0.05) is 0 Å². The van der Waals surface area contributed by atoms with Gasteiger partial charge >= 0.3 is 0 Å². The molecule has 0 spiro atoms. The largest absolute Gasteiger partial charge is 0.381 e. The van der Waals surface area contributed by atoms with E-state index in [1.54, 1.807) is 0 Å². The second kappa shape index (κ2) is 6.74. The van der Waals surface area contributed by atoms with E-state index in [0.29, 0.717) is 38.7 Å². The van der Waals surface area contributed by atoms with Crippen LogP contribution in [0.4, 0.5) is 14.7 Å². The Bertz CT molecular complexity index is 541. The Kier molecular flexibility index (Phi) is 4.70. The SMILES string of the molecule is O=C(NCC1(F)CCN(c2ncc(F)cn2)CC1)C1CCOC1. The number of nitrogens with zero attached hydrogens (tertiary/aromatic N) is 3. The Labute approximate surface area is 133 Å². The summed E-state index contributed by atoms with van der Waals surface area (Å²) in [7, 11) is 0. The molecule has 0 aromatic carbocycles. The van der Waals surface area contributed by atoms with Crippen molar-refractivity contribution in [2.45, 2.75) is 24.9 Å². The molecule has 2 aliphatic heterocycles. The summed E-state index contributed by atoms with van der Waals surface area (Å²) in [5.74, 6) is -0.389. The van der Waals surface area contributed by atoms with Crippen molar-refractivity contribution in [3.8, 4) is 0 Å². The molecule has 3 heterocycles. The molecule has 0 bridgehead atoms. The summed E-state index contributed by atoms with van der Waals surface area (Å²) >= 11 is 0. The molecule has 6 nitrogen and oxygen atoms in total. The Morgan fingerprint density at radius 1 is 1.39 bits per heavy atom. The standard InChI is InChI=1S/C15H20F2N4O2/c16-12-7-18-14(19-8-12)21-4-2-15(17,3-5-21)10-20-13(22)11-1-6-23-9-11/h7-8,11H,1-6,9-10H2,(H,20,22). The van der Waals surface area contributed by atoms with Crippen molar-refractivity contribution in [3.63, 3.8) is 0 Å². The summed E-state index contributed by atoms with van der Waals surface area (Å²) in [6.45, 7) is 1.89. The number of hydrogen-bond acceptors (Lipinski definition) is 5. The van der Waals surface area contributed by atoms with E-state index in [1.807, 2.05) is 4.90 Å². The number of carbonyl (C=O) groups excluding carboxylic acids is 1. The van der Waals surface area contributed by atoms with Gasteiger partial charge in [0.1, 0.15) is 5.67 Å². The number of piperidine rings is 1. The van der Waals surface area contributed by atoms with E-state index in [1.165, 1.54) is 0 Å². The van der Waals surface area contributed by atoms with E-state index in [4.69, 9.17) is 4.74 Å². The Balaban J connectivity index is 1.48. The molecular weight excluding hydrogens is 306 g/mol. The second-order valence-corrected chi connectivity index (χ2v) is 6.12. The van der Waals surface area contributed by atoms with Crippen LogP contribution < -0.4 is 10.2 Å². The number of ether oxygens (including phenoxy) is 1. The van der Waals surface area contributed by atoms with Crippen LogP contribution in [-0.4, -0.2) is 54.4 Å². The van der Waals surface area contributed by atoms with E-state index in [9.17, 15) is 13.6 Å². The molecule has 2 aliphatic rings. The van der Waals surface area contributed by atoms with Crippen LogP contribution in [0.3, 0.4) is 0 Å². The maximum Gasteiger partial charge on any atom is 0.225 e. The first-order valence-corrected chi connectivity index (χ1v) is 7.83. The van der Waals surface area contributed by atoms with Gasteiger partial charge in [-0.15, -0.1) is 0 Å². The molecule has 8 heteroatoms. The molecule has 1 N–H and O–H groups in total. The number of carbonyl (C=O) groups is 1. The summed E-state index contributed by atoms with van der Waals surface area (Å²) in [4.78, 5) is 21.6. The predicted molar refractivity (Wildman–Crippen MR) is 79.2 cm³/mol. The lowest BCUT2D eigenvalue weighted by Gasteiger charge is -2.36. The molecule has 2 fully saturated rings. The molecular formula is C15H20F2N4O2. The van der Waals surface area contributed by atoms with Gasteiger partial charge in [0.05, 0.1) is 31.5 Å². The van der Waals surface area contributed by atoms with Crippen LogP contribution in [0.5, 0.6) is 0 Å². The molecule has 3 rings (SSSR count). The zero-order chi connectivity index (χ0) is 16.3. The van der Waals surface area contributed by atoms with Crippen molar-refractivity contribution >= 4 is 11.9 Å². The van der Waals surface area contributed by atoms with Gasteiger partial charge in [0.25, 0.3) is 0 Å². The van der Waals surface area contributed by atoms with Crippen LogP contribution in [0, 0.1) is 11.7 Å². The number of rotatable bonds is 4. The highest BCUT2D eigenvalue weighted by Gasteiger charge is 2.36. The van der Waals surface area contributed by atoms with Crippen molar-refractivity contribution in [2.75, 3.05) is 37.7 Å². The molecule has 23 heavy (non-hydrogen) atoms. The van der Waals surface area contributed by atoms with Crippen molar-refractivity contribution in [1.29, 1.82) is 0 Å². The van der Waals surface area contributed by atoms with Crippen LogP contribution in [0.1, 0.15) is 19.3 Å². The molecule has 1 aromatic rings. The van der Waals surface area contributed by atoms with E-state index >= 15 is 0 Å². The lowest BCUT2D eigenvalue weighted by Crippen LogP contribution is -2.49. The number of nitrogens with one attached hydrogen (secondary N) is 1. The van der Waals surface area contributed by atoms with Gasteiger partial charge in [-0.3, -0.25) is 4.79 Å². The third-order valence-electron chi connectivity index (χ3n) is 4.43. The molecule has 126 valence electrons. The number of halogens is 2. The minimum atomic E-state index is -1.42. The summed E-state index contributed by atoms with van der Waals surface area (Å²) < 4.78 is 32.8. The number of hydrogen-bond donors (Lipinski definition) is 1. The molecule has 2 saturated heterocycles. The van der Waals surface area contributed by atoms with Crippen LogP contribution in [-0.2, 0) is 9.53 Å². The van der Waals surface area contributed by atoms with E-state index in [2.05, 4.69) is 15.3 Å². The molecule has 1 atom stereocenters. The predicted octanol–water partition coefficient (Wildman–Crippen LogP) is 1.08. The van der Waals surface area contributed by atoms with E-state index in [-0.39, 0.29) is 31.2 Å². The molecule has 1 aromatic heterocycles. The van der Waals surface area contributed by atoms with Gasteiger partial charge in [-0.2, -0.15) is 0 Å². The molecule has 1 amide bonds. The van der Waals surface area contributed by atoms with E-state index < -0.39 is 11.5 Å². The highest BCUT2D eigenvalue weighted by Crippen LogP contribution is 2.27. The number of alkyl halides is 1. The first-order chi connectivity index (χ1) is 11.1. The van der Waals surface area contributed by atoms with Crippen LogP contribution in [0.25, 0.3) is 0 Å². The quantitative estimate of drug-likeness (QED) is 0.897. The fourth-order valence-corrected chi connectivity index (χ4v) is 2.88. The average Bonchev–Trinajstić information content (AvgIpc) is 3.09. The molecule has 0 saturated carbocycles. The third kappa shape index (κ3) is 3.93. The minimum Gasteiger partial charge on any atom is -0.381 e. The van der Waals surface area contributed by atoms with Crippen LogP contribution in [0.2, 0.25) is 0 Å². The lowest BCUT2D eigenvalue weighted by atomic mass is 9.93. The van der Waals surface area contributed by atoms with Crippen LogP contribution in [0.15, 0.2) is 12.4 Å². The zero-order valence-electron chi connectivity index (χ0n) is 12.8. The normalized spacial score (nSPS) is 23.7. The Hall–Kier alpha value is -1.83. The van der Waals surface area contributed by atoms with Crippen LogP contribution >= 0.6 is 0 Å². The lowest BCUT2D eigenvalue weighted by molar-refractivity contribution is -0.125. The zero-order valence-corrected chi connectivity index (χ0v) is 12.8. The average molecular weight is 326 g/mol. The fourth-order valence-electron chi connectivity index (χ4n) is 2.88. The van der Waals surface area contributed by atoms with Gasteiger partial charge < -0.3 is 15.0 Å². The van der Waals surface area contributed by atoms with Crippen molar-refractivity contribution < 1.29 is 18.3 Å².